The monoisotopic (exact) mass is 382 g/mol. The van der Waals surface area contributed by atoms with Crippen LogP contribution in [-0.2, 0) is 4.74 Å². The van der Waals surface area contributed by atoms with Crippen molar-refractivity contribution in [2.24, 2.45) is 0 Å². The Morgan fingerprint density at radius 3 is 2.64 bits per heavy atom. The lowest BCUT2D eigenvalue weighted by molar-refractivity contribution is 0.0815. The van der Waals surface area contributed by atoms with E-state index >= 15 is 0 Å². The topological polar surface area (TPSA) is 50.4 Å². The molecule has 1 fully saturated rings. The largest absolute Gasteiger partial charge is 0.376 e. The number of hydrogen-bond acceptors (Lipinski definition) is 2. The molecule has 2 aromatic carbocycles. The Morgan fingerprint density at radius 2 is 1.96 bits per heavy atom. The van der Waals surface area contributed by atoms with E-state index in [2.05, 4.69) is 10.6 Å². The number of amides is 2. The fourth-order valence-corrected chi connectivity index (χ4v) is 3.16. The lowest BCUT2D eigenvalue weighted by Gasteiger charge is -2.25. The van der Waals surface area contributed by atoms with Crippen molar-refractivity contribution in [1.82, 2.24) is 5.32 Å². The number of rotatable bonds is 4. The molecule has 4 nitrogen and oxygen atoms in total. The molecule has 0 aromatic heterocycles. The van der Waals surface area contributed by atoms with Crippen LogP contribution in [0.5, 0.6) is 0 Å². The molecule has 2 amide bonds. The average molecular weight is 383 g/mol. The van der Waals surface area contributed by atoms with E-state index in [4.69, 9.17) is 27.9 Å². The van der Waals surface area contributed by atoms with Gasteiger partial charge in [0.15, 0.2) is 0 Å². The standard InChI is InChI=1S/C18H17Cl2FN2O2/c19-12-5-8-14(20)15(10-12)22-18(24)23-17(16-2-1-9-25-16)11-3-6-13(21)7-4-11/h3-8,10,16-17H,1-2,9H2,(H2,22,23,24). The molecular weight excluding hydrogens is 366 g/mol. The smallest absolute Gasteiger partial charge is 0.319 e. The summed E-state index contributed by atoms with van der Waals surface area (Å²) in [6.45, 7) is 0.645. The van der Waals surface area contributed by atoms with E-state index in [-0.39, 0.29) is 18.0 Å². The zero-order chi connectivity index (χ0) is 17.8. The van der Waals surface area contributed by atoms with Gasteiger partial charge in [0.1, 0.15) is 5.82 Å². The van der Waals surface area contributed by atoms with Crippen molar-refractivity contribution < 1.29 is 13.9 Å². The summed E-state index contributed by atoms with van der Waals surface area (Å²) in [4.78, 5) is 12.4. The average Bonchev–Trinajstić information content (AvgIpc) is 3.11. The van der Waals surface area contributed by atoms with Crippen molar-refractivity contribution in [1.29, 1.82) is 0 Å². The van der Waals surface area contributed by atoms with Crippen LogP contribution < -0.4 is 10.6 Å². The second-order valence-corrected chi connectivity index (χ2v) is 6.65. The normalized spacial score (nSPS) is 18.0. The van der Waals surface area contributed by atoms with E-state index in [1.165, 1.54) is 12.1 Å². The molecule has 1 aliphatic rings. The zero-order valence-corrected chi connectivity index (χ0v) is 14.8. The summed E-state index contributed by atoms with van der Waals surface area (Å²) in [7, 11) is 0. The van der Waals surface area contributed by atoms with Crippen LogP contribution >= 0.6 is 23.2 Å². The van der Waals surface area contributed by atoms with Gasteiger partial charge in [-0.3, -0.25) is 0 Å². The Bertz CT molecular complexity index is 749. The Hall–Kier alpha value is -1.82. The van der Waals surface area contributed by atoms with Crippen molar-refractivity contribution in [2.45, 2.75) is 25.0 Å². The molecule has 2 N–H and O–H groups in total. The van der Waals surface area contributed by atoms with E-state index in [1.54, 1.807) is 30.3 Å². The maximum atomic E-state index is 13.2. The molecular formula is C18H17Cl2FN2O2. The van der Waals surface area contributed by atoms with E-state index < -0.39 is 6.03 Å². The summed E-state index contributed by atoms with van der Waals surface area (Å²) >= 11 is 12.0. The maximum Gasteiger partial charge on any atom is 0.319 e. The fraction of sp³-hybridized carbons (Fsp3) is 0.278. The highest BCUT2D eigenvalue weighted by atomic mass is 35.5. The van der Waals surface area contributed by atoms with Crippen molar-refractivity contribution in [2.75, 3.05) is 11.9 Å². The van der Waals surface area contributed by atoms with Gasteiger partial charge in [0.05, 0.1) is 22.9 Å². The summed E-state index contributed by atoms with van der Waals surface area (Å²) in [6.07, 6.45) is 1.58. The molecule has 0 aliphatic carbocycles. The molecule has 2 aromatic rings. The third kappa shape index (κ3) is 4.63. The lowest BCUT2D eigenvalue weighted by Crippen LogP contribution is -2.38. The number of anilines is 1. The third-order valence-corrected chi connectivity index (χ3v) is 4.59. The number of urea groups is 1. The molecule has 1 saturated heterocycles. The van der Waals surface area contributed by atoms with Crippen LogP contribution in [0, 0.1) is 5.82 Å². The minimum Gasteiger partial charge on any atom is -0.376 e. The highest BCUT2D eigenvalue weighted by Gasteiger charge is 2.29. The van der Waals surface area contributed by atoms with Crippen LogP contribution in [0.2, 0.25) is 10.0 Å². The van der Waals surface area contributed by atoms with Crippen molar-refractivity contribution in [3.05, 3.63) is 63.9 Å². The van der Waals surface area contributed by atoms with Gasteiger partial charge in [-0.25, -0.2) is 9.18 Å². The lowest BCUT2D eigenvalue weighted by atomic mass is 9.99. The van der Waals surface area contributed by atoms with Gasteiger partial charge in [-0.1, -0.05) is 35.3 Å². The summed E-state index contributed by atoms with van der Waals surface area (Å²) in [6, 6.07) is 10.0. The molecule has 3 rings (SSSR count). The van der Waals surface area contributed by atoms with Gasteiger partial charge in [0, 0.05) is 11.6 Å². The second kappa shape index (κ2) is 8.04. The molecule has 1 aliphatic heterocycles. The predicted octanol–water partition coefficient (Wildman–Crippen LogP) is 5.17. The SMILES string of the molecule is O=C(Nc1cc(Cl)ccc1Cl)NC(c1ccc(F)cc1)C1CCCO1. The third-order valence-electron chi connectivity index (χ3n) is 4.03. The van der Waals surface area contributed by atoms with Crippen LogP contribution in [0.1, 0.15) is 24.4 Å². The Labute approximate surface area is 155 Å². The van der Waals surface area contributed by atoms with Crippen LogP contribution in [0.25, 0.3) is 0 Å². The van der Waals surface area contributed by atoms with E-state index in [9.17, 15) is 9.18 Å². The van der Waals surface area contributed by atoms with Gasteiger partial charge >= 0.3 is 6.03 Å². The minimum atomic E-state index is -0.436. The quantitative estimate of drug-likeness (QED) is 0.765. The van der Waals surface area contributed by atoms with Gasteiger partial charge in [0.25, 0.3) is 0 Å². The molecule has 0 bridgehead atoms. The first-order chi connectivity index (χ1) is 12.0. The first-order valence-corrected chi connectivity index (χ1v) is 8.68. The minimum absolute atomic E-state index is 0.161. The highest BCUT2D eigenvalue weighted by molar-refractivity contribution is 6.35. The number of hydrogen-bond donors (Lipinski definition) is 2. The van der Waals surface area contributed by atoms with Crippen LogP contribution in [0.3, 0.4) is 0 Å². The van der Waals surface area contributed by atoms with E-state index in [0.29, 0.717) is 22.3 Å². The summed E-state index contributed by atoms with van der Waals surface area (Å²) in [5.41, 5.74) is 1.19. The molecule has 2 unspecified atom stereocenters. The Kier molecular flexibility index (Phi) is 5.78. The number of nitrogens with one attached hydrogen (secondary N) is 2. The van der Waals surface area contributed by atoms with E-state index in [1.807, 2.05) is 0 Å². The van der Waals surface area contributed by atoms with Gasteiger partial charge in [-0.2, -0.15) is 0 Å². The number of ether oxygens (including phenoxy) is 1. The molecule has 1 heterocycles. The van der Waals surface area contributed by atoms with Crippen LogP contribution in [-0.4, -0.2) is 18.7 Å². The van der Waals surface area contributed by atoms with Crippen molar-refractivity contribution >= 4 is 34.9 Å². The predicted molar refractivity (Wildman–Crippen MR) is 96.7 cm³/mol. The highest BCUT2D eigenvalue weighted by Crippen LogP contribution is 2.28. The molecule has 7 heteroatoms. The Balaban J connectivity index is 1.76. The Morgan fingerprint density at radius 1 is 1.20 bits per heavy atom. The molecule has 2 atom stereocenters. The number of benzene rings is 2. The molecule has 132 valence electrons. The van der Waals surface area contributed by atoms with Gasteiger partial charge < -0.3 is 15.4 Å². The number of carbonyl (C=O) groups excluding carboxylic acids is 1. The van der Waals surface area contributed by atoms with Crippen molar-refractivity contribution in [3.8, 4) is 0 Å². The number of halogens is 3. The summed E-state index contributed by atoms with van der Waals surface area (Å²) < 4.78 is 18.9. The molecule has 25 heavy (non-hydrogen) atoms. The molecule has 0 saturated carbocycles. The molecule has 0 spiro atoms. The maximum absolute atomic E-state index is 13.2. The molecule has 0 radical (unpaired) electrons. The van der Waals surface area contributed by atoms with Crippen molar-refractivity contribution in [3.63, 3.8) is 0 Å². The fourth-order valence-electron chi connectivity index (χ4n) is 2.82. The number of carbonyl (C=O) groups is 1. The van der Waals surface area contributed by atoms with Gasteiger partial charge in [-0.15, -0.1) is 0 Å². The van der Waals surface area contributed by atoms with Gasteiger partial charge in [-0.05, 0) is 48.7 Å². The van der Waals surface area contributed by atoms with Crippen LogP contribution in [0.15, 0.2) is 42.5 Å². The second-order valence-electron chi connectivity index (χ2n) is 5.80. The first-order valence-electron chi connectivity index (χ1n) is 7.92. The zero-order valence-electron chi connectivity index (χ0n) is 13.3. The van der Waals surface area contributed by atoms with Crippen LogP contribution in [0.4, 0.5) is 14.9 Å². The van der Waals surface area contributed by atoms with Gasteiger partial charge in [0.2, 0.25) is 0 Å². The first kappa shape index (κ1) is 18.0. The summed E-state index contributed by atoms with van der Waals surface area (Å²) in [5.74, 6) is -0.329. The van der Waals surface area contributed by atoms with E-state index in [0.717, 1.165) is 18.4 Å². The summed E-state index contributed by atoms with van der Waals surface area (Å²) in [5, 5.41) is 6.43.